The van der Waals surface area contributed by atoms with E-state index in [0.717, 1.165) is 0 Å². The van der Waals surface area contributed by atoms with Gasteiger partial charge in [-0.25, -0.2) is 14.8 Å². The number of aromatic carboxylic acids is 1. The van der Waals surface area contributed by atoms with Crippen LogP contribution in [0.25, 0.3) is 0 Å². The summed E-state index contributed by atoms with van der Waals surface area (Å²) in [6, 6.07) is 0. The number of methoxy groups -OCH3 is 1. The van der Waals surface area contributed by atoms with Crippen molar-refractivity contribution in [2.75, 3.05) is 7.11 Å². The summed E-state index contributed by atoms with van der Waals surface area (Å²) in [5, 5.41) is 8.97. The van der Waals surface area contributed by atoms with Crippen molar-refractivity contribution in [2.45, 2.75) is 32.8 Å². The van der Waals surface area contributed by atoms with Crippen molar-refractivity contribution in [3.63, 3.8) is 0 Å². The molecule has 0 saturated carbocycles. The van der Waals surface area contributed by atoms with Gasteiger partial charge >= 0.3 is 5.97 Å². The van der Waals surface area contributed by atoms with Gasteiger partial charge in [-0.1, -0.05) is 6.92 Å². The summed E-state index contributed by atoms with van der Waals surface area (Å²) >= 11 is 0. The van der Waals surface area contributed by atoms with Gasteiger partial charge in [0.2, 0.25) is 0 Å². The van der Waals surface area contributed by atoms with Gasteiger partial charge in [-0.3, -0.25) is 0 Å². The number of nitrogens with zero attached hydrogens (tertiary/aromatic N) is 2. The maximum atomic E-state index is 10.9. The second-order valence-electron chi connectivity index (χ2n) is 3.82. The Bertz CT molecular complexity index is 400. The molecule has 16 heavy (non-hydrogen) atoms. The van der Waals surface area contributed by atoms with Crippen LogP contribution < -0.4 is 0 Å². The van der Waals surface area contributed by atoms with Crippen LogP contribution in [0.3, 0.4) is 0 Å². The molecule has 5 nitrogen and oxygen atoms in total. The minimum atomic E-state index is -1.05. The van der Waals surface area contributed by atoms with Crippen molar-refractivity contribution in [2.24, 2.45) is 0 Å². The Hall–Kier alpha value is -1.49. The second kappa shape index (κ2) is 4.57. The number of aryl methyl sites for hydroxylation is 1. The summed E-state index contributed by atoms with van der Waals surface area (Å²) < 4.78 is 5.33. The molecule has 88 valence electrons. The van der Waals surface area contributed by atoms with Gasteiger partial charge in [-0.2, -0.15) is 0 Å². The normalized spacial score (nSPS) is 14.5. The lowest BCUT2D eigenvalue weighted by Crippen LogP contribution is -2.27. The highest BCUT2D eigenvalue weighted by Crippen LogP contribution is 2.25. The molecule has 5 heteroatoms. The Balaban J connectivity index is 3.27. The van der Waals surface area contributed by atoms with Crippen molar-refractivity contribution >= 4 is 5.97 Å². The van der Waals surface area contributed by atoms with Crippen molar-refractivity contribution in [1.29, 1.82) is 0 Å². The molecule has 0 radical (unpaired) electrons. The Labute approximate surface area is 94.5 Å². The molecule has 0 aliphatic heterocycles. The molecular formula is C11H16N2O3. The first kappa shape index (κ1) is 12.6. The molecule has 0 saturated heterocycles. The molecule has 1 aromatic heterocycles. The van der Waals surface area contributed by atoms with Gasteiger partial charge in [0.05, 0.1) is 0 Å². The maximum Gasteiger partial charge on any atom is 0.354 e. The fraction of sp³-hybridized carbons (Fsp3) is 0.545. The lowest BCUT2D eigenvalue weighted by atomic mass is 10.0. The van der Waals surface area contributed by atoms with Crippen LogP contribution in [0.5, 0.6) is 0 Å². The molecule has 0 aromatic carbocycles. The van der Waals surface area contributed by atoms with E-state index in [1.54, 1.807) is 14.0 Å². The molecule has 0 aliphatic rings. The third kappa shape index (κ3) is 2.19. The van der Waals surface area contributed by atoms with Gasteiger partial charge in [0, 0.05) is 18.9 Å². The van der Waals surface area contributed by atoms with E-state index in [4.69, 9.17) is 9.84 Å². The number of hydrogen-bond donors (Lipinski definition) is 1. The first-order valence-corrected chi connectivity index (χ1v) is 5.07. The van der Waals surface area contributed by atoms with Gasteiger partial charge in [0.15, 0.2) is 11.5 Å². The monoisotopic (exact) mass is 224 g/mol. The minimum Gasteiger partial charge on any atom is -0.477 e. The average molecular weight is 224 g/mol. The number of rotatable bonds is 4. The molecule has 0 spiro atoms. The van der Waals surface area contributed by atoms with E-state index in [2.05, 4.69) is 9.97 Å². The van der Waals surface area contributed by atoms with E-state index < -0.39 is 11.6 Å². The summed E-state index contributed by atoms with van der Waals surface area (Å²) in [7, 11) is 1.56. The molecule has 0 amide bonds. The van der Waals surface area contributed by atoms with Gasteiger partial charge in [0.25, 0.3) is 0 Å². The fourth-order valence-electron chi connectivity index (χ4n) is 1.31. The van der Waals surface area contributed by atoms with Crippen LogP contribution in [0.4, 0.5) is 0 Å². The Morgan fingerprint density at radius 3 is 2.69 bits per heavy atom. The fourth-order valence-corrected chi connectivity index (χ4v) is 1.31. The standard InChI is InChI=1S/C11H16N2O3/c1-5-11(3,16-4)10-12-6-7(2)8(13-10)9(14)15/h6H,5H2,1-4H3,(H,14,15). The van der Waals surface area contributed by atoms with Crippen molar-refractivity contribution in [1.82, 2.24) is 9.97 Å². The van der Waals surface area contributed by atoms with Crippen LogP contribution in [-0.2, 0) is 10.3 Å². The largest absolute Gasteiger partial charge is 0.477 e. The van der Waals surface area contributed by atoms with Gasteiger partial charge in [0.1, 0.15) is 5.60 Å². The summed E-state index contributed by atoms with van der Waals surface area (Å²) in [4.78, 5) is 19.1. The quantitative estimate of drug-likeness (QED) is 0.843. The van der Waals surface area contributed by atoms with E-state index in [9.17, 15) is 4.79 Å². The zero-order valence-electron chi connectivity index (χ0n) is 9.94. The molecule has 1 heterocycles. The summed E-state index contributed by atoms with van der Waals surface area (Å²) in [6.45, 7) is 5.44. The summed E-state index contributed by atoms with van der Waals surface area (Å²) in [6.07, 6.45) is 2.18. The zero-order chi connectivity index (χ0) is 12.3. The molecule has 0 aliphatic carbocycles. The van der Waals surface area contributed by atoms with Crippen molar-refractivity contribution < 1.29 is 14.6 Å². The predicted octanol–water partition coefficient (Wildman–Crippen LogP) is 1.75. The predicted molar refractivity (Wildman–Crippen MR) is 58.4 cm³/mol. The average Bonchev–Trinajstić information content (AvgIpc) is 2.28. The third-order valence-corrected chi connectivity index (χ3v) is 2.77. The molecule has 1 aromatic rings. The number of carboxylic acids is 1. The highest BCUT2D eigenvalue weighted by molar-refractivity contribution is 5.86. The lowest BCUT2D eigenvalue weighted by molar-refractivity contribution is -0.00921. The van der Waals surface area contributed by atoms with Crippen LogP contribution in [-0.4, -0.2) is 28.2 Å². The van der Waals surface area contributed by atoms with E-state index in [-0.39, 0.29) is 5.69 Å². The van der Waals surface area contributed by atoms with E-state index in [0.29, 0.717) is 17.8 Å². The zero-order valence-corrected chi connectivity index (χ0v) is 9.94. The van der Waals surface area contributed by atoms with Crippen LogP contribution in [0, 0.1) is 6.92 Å². The topological polar surface area (TPSA) is 72.3 Å². The molecule has 0 fully saturated rings. The minimum absolute atomic E-state index is 0.0294. The van der Waals surface area contributed by atoms with Gasteiger partial charge in [-0.15, -0.1) is 0 Å². The molecule has 1 unspecified atom stereocenters. The summed E-state index contributed by atoms with van der Waals surface area (Å²) in [5.74, 6) is -0.642. The molecule has 0 bridgehead atoms. The van der Waals surface area contributed by atoms with Crippen molar-refractivity contribution in [3.05, 3.63) is 23.3 Å². The first-order chi connectivity index (χ1) is 7.44. The molecule has 1 atom stereocenters. The van der Waals surface area contributed by atoms with Crippen LogP contribution >= 0.6 is 0 Å². The first-order valence-electron chi connectivity index (χ1n) is 5.07. The Morgan fingerprint density at radius 2 is 2.25 bits per heavy atom. The molecular weight excluding hydrogens is 208 g/mol. The number of hydrogen-bond acceptors (Lipinski definition) is 4. The highest BCUT2D eigenvalue weighted by Gasteiger charge is 2.28. The van der Waals surface area contributed by atoms with Crippen LogP contribution in [0.2, 0.25) is 0 Å². The molecule has 1 rings (SSSR count). The molecule has 1 N–H and O–H groups in total. The Kier molecular flexibility index (Phi) is 3.59. The van der Waals surface area contributed by atoms with Gasteiger partial charge in [-0.05, 0) is 20.3 Å². The smallest absolute Gasteiger partial charge is 0.354 e. The SMILES string of the molecule is CCC(C)(OC)c1ncc(C)c(C(=O)O)n1. The third-order valence-electron chi connectivity index (χ3n) is 2.77. The van der Waals surface area contributed by atoms with Crippen LogP contribution in [0.1, 0.15) is 42.1 Å². The second-order valence-corrected chi connectivity index (χ2v) is 3.82. The highest BCUT2D eigenvalue weighted by atomic mass is 16.5. The number of aromatic nitrogens is 2. The van der Waals surface area contributed by atoms with E-state index in [1.807, 2.05) is 13.8 Å². The maximum absolute atomic E-state index is 10.9. The van der Waals surface area contributed by atoms with Crippen molar-refractivity contribution in [3.8, 4) is 0 Å². The number of ether oxygens (including phenoxy) is 1. The van der Waals surface area contributed by atoms with Gasteiger partial charge < -0.3 is 9.84 Å². The summed E-state index contributed by atoms with van der Waals surface area (Å²) in [5.41, 5.74) is -0.0646. The number of carboxylic acid groups (broad SMARTS) is 1. The van der Waals surface area contributed by atoms with Crippen LogP contribution in [0.15, 0.2) is 6.20 Å². The lowest BCUT2D eigenvalue weighted by Gasteiger charge is -2.25. The number of carbonyl (C=O) groups is 1. The Morgan fingerprint density at radius 1 is 1.62 bits per heavy atom. The van der Waals surface area contributed by atoms with E-state index >= 15 is 0 Å². The van der Waals surface area contributed by atoms with E-state index in [1.165, 1.54) is 6.20 Å².